The third-order valence-electron chi connectivity index (χ3n) is 3.60. The number of oxime groups is 1. The molecule has 30 heavy (non-hydrogen) atoms. The van der Waals surface area contributed by atoms with Crippen molar-refractivity contribution in [3.05, 3.63) is 79.8 Å². The van der Waals surface area contributed by atoms with Gasteiger partial charge in [-0.3, -0.25) is 9.43 Å². The first-order chi connectivity index (χ1) is 14.3. The highest BCUT2D eigenvalue weighted by Crippen LogP contribution is 2.25. The lowest BCUT2D eigenvalue weighted by atomic mass is 10.1. The van der Waals surface area contributed by atoms with E-state index >= 15 is 0 Å². The van der Waals surface area contributed by atoms with Gasteiger partial charge in [0.2, 0.25) is 0 Å². The summed E-state index contributed by atoms with van der Waals surface area (Å²) in [5.41, 5.74) is 1.30. The molecular formula is C17H15Cl4N5O4. The highest BCUT2D eigenvalue weighted by atomic mass is 35.5. The molecular weight excluding hydrogens is 480 g/mol. The summed E-state index contributed by atoms with van der Waals surface area (Å²) in [6.07, 6.45) is 1.48. The molecule has 0 saturated carbocycles. The number of nitrogens with zero attached hydrogens (tertiary/aromatic N) is 5. The molecule has 13 heteroatoms. The van der Waals surface area contributed by atoms with Crippen molar-refractivity contribution in [2.75, 3.05) is 6.67 Å². The summed E-state index contributed by atoms with van der Waals surface area (Å²) < 4.78 is 1.39. The molecule has 160 valence electrons. The molecule has 0 aromatic heterocycles. The molecule has 1 unspecified atom stereocenters. The van der Waals surface area contributed by atoms with Crippen LogP contribution >= 0.6 is 46.6 Å². The van der Waals surface area contributed by atoms with Gasteiger partial charge < -0.3 is 10.0 Å². The average Bonchev–Trinajstić information content (AvgIpc) is 3.13. The Morgan fingerprint density at radius 2 is 1.83 bits per heavy atom. The van der Waals surface area contributed by atoms with Crippen molar-refractivity contribution in [1.29, 1.82) is 0 Å². The van der Waals surface area contributed by atoms with E-state index in [2.05, 4.69) is 10.3 Å². The standard InChI is InChI=1S/C17H14Cl4N4O.HNO3/c18-14-7-4-8-15(19)13(14)9-26-23-16(12-5-2-1-3-6-12)17(20)25-11-24(21)10-22-25;2-1(3)4/h1-8,10,17H,9,11H2;(H,2,3,4). The minimum absolute atomic E-state index is 0.114. The van der Waals surface area contributed by atoms with Gasteiger partial charge >= 0.3 is 0 Å². The van der Waals surface area contributed by atoms with Crippen LogP contribution in [0.1, 0.15) is 11.1 Å². The largest absolute Gasteiger partial charge is 0.390 e. The molecule has 0 amide bonds. The summed E-state index contributed by atoms with van der Waals surface area (Å²) >= 11 is 24.8. The van der Waals surface area contributed by atoms with Gasteiger partial charge in [-0.15, -0.1) is 10.1 Å². The van der Waals surface area contributed by atoms with Crippen LogP contribution in [0.2, 0.25) is 10.0 Å². The van der Waals surface area contributed by atoms with Crippen molar-refractivity contribution >= 4 is 58.6 Å². The fourth-order valence-corrected chi connectivity index (χ4v) is 3.22. The van der Waals surface area contributed by atoms with Crippen LogP contribution in [0.5, 0.6) is 0 Å². The Balaban J connectivity index is 0.000000735. The molecule has 1 aliphatic heterocycles. The number of hydrazone groups is 1. The van der Waals surface area contributed by atoms with E-state index in [1.807, 2.05) is 30.3 Å². The first kappa shape index (κ1) is 23.8. The number of hydrogen-bond acceptors (Lipinski definition) is 7. The van der Waals surface area contributed by atoms with Gasteiger partial charge in [-0.2, -0.15) is 5.10 Å². The Morgan fingerprint density at radius 3 is 2.37 bits per heavy atom. The van der Waals surface area contributed by atoms with Gasteiger partial charge in [0.25, 0.3) is 5.09 Å². The molecule has 0 spiro atoms. The first-order valence-electron chi connectivity index (χ1n) is 8.18. The van der Waals surface area contributed by atoms with Crippen LogP contribution in [0.3, 0.4) is 0 Å². The normalized spacial score (nSPS) is 14.2. The second-order valence-corrected chi connectivity index (χ2v) is 7.26. The number of hydrogen-bond donors (Lipinski definition) is 1. The predicted octanol–water partition coefficient (Wildman–Crippen LogP) is 4.80. The van der Waals surface area contributed by atoms with E-state index in [9.17, 15) is 0 Å². The van der Waals surface area contributed by atoms with Crippen molar-refractivity contribution < 1.29 is 15.1 Å². The lowest BCUT2D eigenvalue weighted by Gasteiger charge is -2.22. The minimum Gasteiger partial charge on any atom is -0.390 e. The Morgan fingerprint density at radius 1 is 1.23 bits per heavy atom. The maximum Gasteiger partial charge on any atom is 0.291 e. The van der Waals surface area contributed by atoms with E-state index in [1.54, 1.807) is 23.2 Å². The molecule has 0 bridgehead atoms. The SMILES string of the molecule is Clc1cccc(Cl)c1CON=C(c1ccccc1)C(Cl)N1CN(Cl)C=N1.O=[N+]([O-])O. The second-order valence-electron chi connectivity index (χ2n) is 5.60. The second kappa shape index (κ2) is 11.7. The van der Waals surface area contributed by atoms with Crippen LogP contribution in [-0.4, -0.2) is 43.9 Å². The highest BCUT2D eigenvalue weighted by molar-refractivity contribution is 6.36. The Bertz CT molecular complexity index is 892. The topological polar surface area (TPSA) is 104 Å². The Hall–Kier alpha value is -2.46. The monoisotopic (exact) mass is 493 g/mol. The molecule has 1 aliphatic rings. The van der Waals surface area contributed by atoms with Crippen LogP contribution in [-0.2, 0) is 11.4 Å². The molecule has 2 aromatic rings. The quantitative estimate of drug-likeness (QED) is 0.154. The van der Waals surface area contributed by atoms with Crippen LogP contribution in [0.25, 0.3) is 0 Å². The molecule has 0 fully saturated rings. The van der Waals surface area contributed by atoms with Crippen molar-refractivity contribution in [2.24, 2.45) is 10.3 Å². The van der Waals surface area contributed by atoms with Gasteiger partial charge in [-0.25, -0.2) is 0 Å². The summed E-state index contributed by atoms with van der Waals surface area (Å²) in [7, 11) is 0. The first-order valence-corrected chi connectivity index (χ1v) is 9.71. The van der Waals surface area contributed by atoms with E-state index in [1.165, 1.54) is 10.8 Å². The number of halogens is 4. The molecule has 0 saturated heterocycles. The van der Waals surface area contributed by atoms with Gasteiger partial charge in [0.05, 0.1) is 0 Å². The van der Waals surface area contributed by atoms with Crippen LogP contribution in [0.15, 0.2) is 58.8 Å². The fraction of sp³-hybridized carbons (Fsp3) is 0.176. The van der Waals surface area contributed by atoms with Gasteiger partial charge in [-0.1, -0.05) is 76.4 Å². The molecule has 1 heterocycles. The van der Waals surface area contributed by atoms with Crippen LogP contribution < -0.4 is 0 Å². The maximum atomic E-state index is 8.36. The van der Waals surface area contributed by atoms with E-state index in [0.717, 1.165) is 5.56 Å². The predicted molar refractivity (Wildman–Crippen MR) is 116 cm³/mol. The van der Waals surface area contributed by atoms with E-state index in [-0.39, 0.29) is 6.61 Å². The molecule has 3 rings (SSSR count). The molecule has 1 atom stereocenters. The molecule has 1 N–H and O–H groups in total. The zero-order valence-electron chi connectivity index (χ0n) is 15.1. The van der Waals surface area contributed by atoms with E-state index in [0.29, 0.717) is 28.0 Å². The summed E-state index contributed by atoms with van der Waals surface area (Å²) in [5, 5.41) is 24.6. The Labute approximate surface area is 191 Å². The molecule has 0 aliphatic carbocycles. The molecule has 2 aromatic carbocycles. The fourth-order valence-electron chi connectivity index (χ4n) is 2.28. The van der Waals surface area contributed by atoms with Crippen molar-refractivity contribution in [2.45, 2.75) is 12.1 Å². The van der Waals surface area contributed by atoms with Crippen molar-refractivity contribution in [3.63, 3.8) is 0 Å². The van der Waals surface area contributed by atoms with Gasteiger partial charge in [-0.05, 0) is 12.1 Å². The lowest BCUT2D eigenvalue weighted by Crippen LogP contribution is -2.34. The summed E-state index contributed by atoms with van der Waals surface area (Å²) in [4.78, 5) is 13.9. The van der Waals surface area contributed by atoms with Gasteiger partial charge in [0.1, 0.15) is 25.3 Å². The third kappa shape index (κ3) is 7.10. The summed E-state index contributed by atoms with van der Waals surface area (Å²) in [5.74, 6) is 0. The number of alkyl halides is 1. The highest BCUT2D eigenvalue weighted by Gasteiger charge is 2.26. The number of rotatable bonds is 6. The zero-order chi connectivity index (χ0) is 22.1. The van der Waals surface area contributed by atoms with Crippen molar-refractivity contribution in [1.82, 2.24) is 9.43 Å². The zero-order valence-corrected chi connectivity index (χ0v) is 18.1. The van der Waals surface area contributed by atoms with E-state index in [4.69, 9.17) is 66.7 Å². The van der Waals surface area contributed by atoms with Crippen LogP contribution in [0, 0.1) is 10.1 Å². The minimum atomic E-state index is -1.50. The lowest BCUT2D eigenvalue weighted by molar-refractivity contribution is -0.742. The number of benzene rings is 2. The summed E-state index contributed by atoms with van der Waals surface area (Å²) in [6.45, 7) is 0.446. The van der Waals surface area contributed by atoms with E-state index < -0.39 is 10.6 Å². The van der Waals surface area contributed by atoms with Gasteiger partial charge in [0, 0.05) is 32.9 Å². The Kier molecular flexibility index (Phi) is 9.25. The van der Waals surface area contributed by atoms with Crippen molar-refractivity contribution in [3.8, 4) is 0 Å². The molecule has 0 radical (unpaired) electrons. The van der Waals surface area contributed by atoms with Gasteiger partial charge in [0.15, 0.2) is 5.50 Å². The summed E-state index contributed by atoms with van der Waals surface area (Å²) in [6, 6.07) is 14.7. The molecule has 9 nitrogen and oxygen atoms in total. The smallest absolute Gasteiger partial charge is 0.291 e. The van der Waals surface area contributed by atoms with Crippen LogP contribution in [0.4, 0.5) is 0 Å². The third-order valence-corrected chi connectivity index (χ3v) is 4.93. The maximum absolute atomic E-state index is 8.36. The average molecular weight is 495 g/mol.